The SMILES string of the molecule is COc1cc(Nc2nc(OCc3cccnc3)nc(-c3ccccc3)n2)ccc1-c1cnco1. The molecule has 3 aromatic heterocycles. The van der Waals surface area contributed by atoms with Gasteiger partial charge in [-0.05, 0) is 18.2 Å². The number of nitrogens with one attached hydrogen (secondary N) is 1. The summed E-state index contributed by atoms with van der Waals surface area (Å²) in [6.45, 7) is 0.283. The molecule has 9 heteroatoms. The average Bonchev–Trinajstić information content (AvgIpc) is 3.43. The van der Waals surface area contributed by atoms with Crippen molar-refractivity contribution < 1.29 is 13.9 Å². The normalized spacial score (nSPS) is 10.6. The van der Waals surface area contributed by atoms with Gasteiger partial charge in [-0.2, -0.15) is 15.0 Å². The summed E-state index contributed by atoms with van der Waals surface area (Å²) >= 11 is 0. The molecule has 0 saturated carbocycles. The summed E-state index contributed by atoms with van der Waals surface area (Å²) in [4.78, 5) is 21.6. The Bertz CT molecular complexity index is 1360. The van der Waals surface area contributed by atoms with Gasteiger partial charge in [0.1, 0.15) is 12.4 Å². The molecular formula is C25H20N6O3. The van der Waals surface area contributed by atoms with Crippen molar-refractivity contribution in [2.45, 2.75) is 6.61 Å². The highest BCUT2D eigenvalue weighted by Gasteiger charge is 2.13. The second kappa shape index (κ2) is 9.78. The zero-order chi connectivity index (χ0) is 23.2. The average molecular weight is 452 g/mol. The van der Waals surface area contributed by atoms with Crippen molar-refractivity contribution in [1.29, 1.82) is 0 Å². The molecule has 0 radical (unpaired) electrons. The lowest BCUT2D eigenvalue weighted by atomic mass is 10.1. The van der Waals surface area contributed by atoms with Gasteiger partial charge in [-0.15, -0.1) is 0 Å². The minimum atomic E-state index is 0.199. The second-order valence-corrected chi connectivity index (χ2v) is 7.19. The van der Waals surface area contributed by atoms with Crippen LogP contribution in [0.25, 0.3) is 22.7 Å². The van der Waals surface area contributed by atoms with Gasteiger partial charge >= 0.3 is 6.01 Å². The number of ether oxygens (including phenoxy) is 2. The molecule has 0 aliphatic carbocycles. The maximum absolute atomic E-state index is 5.86. The van der Waals surface area contributed by atoms with Crippen LogP contribution in [0.4, 0.5) is 11.6 Å². The maximum atomic E-state index is 5.86. The van der Waals surface area contributed by atoms with Gasteiger partial charge in [-0.3, -0.25) is 4.98 Å². The topological polar surface area (TPSA) is 108 Å². The first-order valence-corrected chi connectivity index (χ1v) is 10.5. The number of pyridine rings is 1. The summed E-state index contributed by atoms with van der Waals surface area (Å²) in [7, 11) is 1.60. The minimum absolute atomic E-state index is 0.199. The second-order valence-electron chi connectivity index (χ2n) is 7.19. The highest BCUT2D eigenvalue weighted by Crippen LogP contribution is 2.33. The third kappa shape index (κ3) is 4.83. The molecule has 5 rings (SSSR count). The van der Waals surface area contributed by atoms with E-state index in [1.54, 1.807) is 25.7 Å². The van der Waals surface area contributed by atoms with Crippen LogP contribution in [-0.4, -0.2) is 32.0 Å². The zero-order valence-corrected chi connectivity index (χ0v) is 18.3. The number of aromatic nitrogens is 5. The summed E-state index contributed by atoms with van der Waals surface area (Å²) in [5, 5.41) is 3.22. The van der Waals surface area contributed by atoms with Crippen molar-refractivity contribution in [1.82, 2.24) is 24.9 Å². The molecule has 0 aliphatic rings. The van der Waals surface area contributed by atoms with E-state index in [-0.39, 0.29) is 12.6 Å². The Morgan fingerprint density at radius 1 is 0.912 bits per heavy atom. The molecule has 0 saturated heterocycles. The third-order valence-electron chi connectivity index (χ3n) is 4.89. The van der Waals surface area contributed by atoms with Crippen LogP contribution in [0.5, 0.6) is 11.8 Å². The highest BCUT2D eigenvalue weighted by molar-refractivity contribution is 5.71. The predicted octanol–water partition coefficient (Wildman–Crippen LogP) is 4.92. The van der Waals surface area contributed by atoms with Crippen LogP contribution in [-0.2, 0) is 6.61 Å². The Hall–Kier alpha value is -4.79. The largest absolute Gasteiger partial charge is 0.496 e. The van der Waals surface area contributed by atoms with Gasteiger partial charge in [-0.1, -0.05) is 36.4 Å². The molecule has 1 N–H and O–H groups in total. The van der Waals surface area contributed by atoms with Crippen LogP contribution in [0, 0.1) is 0 Å². The van der Waals surface area contributed by atoms with Gasteiger partial charge in [0.05, 0.1) is 18.9 Å². The van der Waals surface area contributed by atoms with E-state index in [4.69, 9.17) is 13.9 Å². The van der Waals surface area contributed by atoms with E-state index < -0.39 is 0 Å². The maximum Gasteiger partial charge on any atom is 0.322 e. The van der Waals surface area contributed by atoms with Gasteiger partial charge in [0.15, 0.2) is 18.0 Å². The molecule has 168 valence electrons. The lowest BCUT2D eigenvalue weighted by molar-refractivity contribution is 0.280. The molecule has 0 bridgehead atoms. The number of benzene rings is 2. The molecule has 0 atom stereocenters. The van der Waals surface area contributed by atoms with Crippen molar-refractivity contribution in [3.8, 4) is 34.5 Å². The quantitative estimate of drug-likeness (QED) is 0.351. The number of oxazole rings is 1. The summed E-state index contributed by atoms with van der Waals surface area (Å²) in [6, 6.07) is 19.2. The molecule has 34 heavy (non-hydrogen) atoms. The van der Waals surface area contributed by atoms with Crippen molar-refractivity contribution in [2.75, 3.05) is 12.4 Å². The monoisotopic (exact) mass is 452 g/mol. The van der Waals surface area contributed by atoms with Crippen molar-refractivity contribution in [2.24, 2.45) is 0 Å². The Kier molecular flexibility index (Phi) is 6.06. The van der Waals surface area contributed by atoms with Crippen LogP contribution in [0.3, 0.4) is 0 Å². The van der Waals surface area contributed by atoms with Gasteiger partial charge in [0.25, 0.3) is 0 Å². The molecule has 0 amide bonds. The number of hydrogen-bond acceptors (Lipinski definition) is 9. The highest BCUT2D eigenvalue weighted by atomic mass is 16.5. The smallest absolute Gasteiger partial charge is 0.322 e. The van der Waals surface area contributed by atoms with E-state index in [0.717, 1.165) is 22.4 Å². The van der Waals surface area contributed by atoms with E-state index in [0.29, 0.717) is 23.3 Å². The lowest BCUT2D eigenvalue weighted by Crippen LogP contribution is -2.06. The zero-order valence-electron chi connectivity index (χ0n) is 18.3. The molecule has 0 fully saturated rings. The fraction of sp³-hybridized carbons (Fsp3) is 0.0800. The van der Waals surface area contributed by atoms with Crippen molar-refractivity contribution in [3.63, 3.8) is 0 Å². The molecule has 3 heterocycles. The Morgan fingerprint density at radius 2 is 1.82 bits per heavy atom. The lowest BCUT2D eigenvalue weighted by Gasteiger charge is -2.12. The molecule has 5 aromatic rings. The number of hydrogen-bond donors (Lipinski definition) is 1. The number of anilines is 2. The predicted molar refractivity (Wildman–Crippen MR) is 126 cm³/mol. The van der Waals surface area contributed by atoms with E-state index in [1.807, 2.05) is 60.7 Å². The fourth-order valence-electron chi connectivity index (χ4n) is 3.28. The van der Waals surface area contributed by atoms with Gasteiger partial charge in [0.2, 0.25) is 5.95 Å². The number of methoxy groups -OCH3 is 1. The summed E-state index contributed by atoms with van der Waals surface area (Å²) in [5.41, 5.74) is 3.26. The van der Waals surface area contributed by atoms with Crippen molar-refractivity contribution >= 4 is 11.6 Å². The molecule has 0 unspecified atom stereocenters. The molecular weight excluding hydrogens is 432 g/mol. The van der Waals surface area contributed by atoms with E-state index in [9.17, 15) is 0 Å². The van der Waals surface area contributed by atoms with Gasteiger partial charge in [-0.25, -0.2) is 4.98 Å². The first kappa shape index (κ1) is 21.1. The minimum Gasteiger partial charge on any atom is -0.496 e. The number of nitrogens with zero attached hydrogens (tertiary/aromatic N) is 5. The van der Waals surface area contributed by atoms with Gasteiger partial charge in [0, 0.05) is 35.3 Å². The number of rotatable bonds is 8. The van der Waals surface area contributed by atoms with Crippen LogP contribution in [0.2, 0.25) is 0 Å². The van der Waals surface area contributed by atoms with E-state index in [1.165, 1.54) is 6.39 Å². The van der Waals surface area contributed by atoms with Crippen LogP contribution < -0.4 is 14.8 Å². The molecule has 0 spiro atoms. The Labute approximate surface area is 195 Å². The van der Waals surface area contributed by atoms with Gasteiger partial charge < -0.3 is 19.2 Å². The van der Waals surface area contributed by atoms with E-state index >= 15 is 0 Å². The summed E-state index contributed by atoms with van der Waals surface area (Å²) in [5.74, 6) is 2.06. The van der Waals surface area contributed by atoms with Crippen molar-refractivity contribution in [3.05, 3.63) is 91.2 Å². The van der Waals surface area contributed by atoms with E-state index in [2.05, 4.69) is 30.2 Å². The molecule has 0 aliphatic heterocycles. The molecule has 2 aromatic carbocycles. The first-order valence-electron chi connectivity index (χ1n) is 10.5. The Morgan fingerprint density at radius 3 is 2.59 bits per heavy atom. The van der Waals surface area contributed by atoms with Crippen LogP contribution in [0.1, 0.15) is 5.56 Å². The summed E-state index contributed by atoms with van der Waals surface area (Å²) in [6.07, 6.45) is 6.46. The standard InChI is InChI=1S/C25H20N6O3/c1-32-21-12-19(9-10-20(21)22-14-27-16-34-22)28-24-29-23(18-7-3-2-4-8-18)30-25(31-24)33-15-17-6-5-11-26-13-17/h2-14,16H,15H2,1H3,(H,28,29,30,31). The summed E-state index contributed by atoms with van der Waals surface area (Å²) < 4.78 is 16.8. The fourth-order valence-corrected chi connectivity index (χ4v) is 3.28. The van der Waals surface area contributed by atoms with Crippen LogP contribution >= 0.6 is 0 Å². The third-order valence-corrected chi connectivity index (χ3v) is 4.89. The van der Waals surface area contributed by atoms with Crippen LogP contribution in [0.15, 0.2) is 90.1 Å². The Balaban J connectivity index is 1.45. The first-order chi connectivity index (χ1) is 16.8. The molecule has 9 nitrogen and oxygen atoms in total.